The normalized spacial score (nSPS) is 21.4. The lowest BCUT2D eigenvalue weighted by molar-refractivity contribution is 0.229. The Morgan fingerprint density at radius 1 is 0.296 bits per heavy atom. The minimum absolute atomic E-state index is 0.686. The van der Waals surface area contributed by atoms with Gasteiger partial charge in [-0.1, -0.05) is 120 Å². The van der Waals surface area contributed by atoms with Crippen LogP contribution in [-0.4, -0.2) is 29.6 Å². The maximum atomic E-state index is 6.90. The summed E-state index contributed by atoms with van der Waals surface area (Å²) in [6, 6.07) is 44.5. The highest BCUT2D eigenvalue weighted by Crippen LogP contribution is 2.26. The van der Waals surface area contributed by atoms with Crippen molar-refractivity contribution in [1.29, 1.82) is 0 Å². The zero-order valence-electron chi connectivity index (χ0n) is 30.5. The highest BCUT2D eigenvalue weighted by molar-refractivity contribution is 6.30. The van der Waals surface area contributed by atoms with E-state index in [-0.39, 0.29) is 0 Å². The molecule has 0 radical (unpaired) electrons. The highest BCUT2D eigenvalue weighted by Gasteiger charge is 2.20. The lowest BCUT2D eigenvalue weighted by atomic mass is 10.0. The number of hydrogen-bond donors (Lipinski definition) is 0. The van der Waals surface area contributed by atoms with Crippen LogP contribution in [0.15, 0.2) is 121 Å². The first-order valence-electron chi connectivity index (χ1n) is 18.9. The van der Waals surface area contributed by atoms with Gasteiger partial charge in [-0.2, -0.15) is 0 Å². The summed E-state index contributed by atoms with van der Waals surface area (Å²) in [5, 5.41) is 1.46. The SMILES string of the molecule is Clc1cc2nc(c1)CN1Cc3cccc(c3)CN3Cc4cccc(c4)CN(Cc4cccc(c4)CN(Cc4cccc(c4)C1)Cc1cc(Cl)cc(n1)C3)C2. The fourth-order valence-corrected chi connectivity index (χ4v) is 9.00. The molecule has 0 spiro atoms. The number of hydrogen-bond acceptors (Lipinski definition) is 6. The third kappa shape index (κ3) is 8.93. The Balaban J connectivity index is 1.26. The summed E-state index contributed by atoms with van der Waals surface area (Å²) >= 11 is 13.8. The number of rotatable bonds is 0. The maximum absolute atomic E-state index is 6.90. The fourth-order valence-electron chi connectivity index (χ4n) is 8.50. The molecule has 0 atom stereocenters. The monoisotopic (exact) mass is 750 g/mol. The number of pyridine rings is 2. The van der Waals surface area contributed by atoms with E-state index in [4.69, 9.17) is 33.2 Å². The van der Waals surface area contributed by atoms with Crippen LogP contribution in [0, 0.1) is 0 Å². The van der Waals surface area contributed by atoms with Crippen molar-refractivity contribution in [2.75, 3.05) is 0 Å². The van der Waals surface area contributed by atoms with E-state index in [0.29, 0.717) is 26.2 Å². The molecule has 16 bridgehead atoms. The van der Waals surface area contributed by atoms with E-state index >= 15 is 0 Å². The Kier molecular flexibility index (Phi) is 10.3. The highest BCUT2D eigenvalue weighted by atomic mass is 35.5. The van der Waals surface area contributed by atoms with Gasteiger partial charge in [0.1, 0.15) is 0 Å². The van der Waals surface area contributed by atoms with E-state index in [2.05, 4.69) is 117 Å². The molecule has 6 aromatic rings. The second-order valence-electron chi connectivity index (χ2n) is 15.4. The maximum Gasteiger partial charge on any atom is 0.0562 e. The first-order chi connectivity index (χ1) is 26.4. The summed E-state index contributed by atoms with van der Waals surface area (Å²) in [5.41, 5.74) is 14.2. The van der Waals surface area contributed by atoms with Gasteiger partial charge in [0.2, 0.25) is 0 Å². The smallest absolute Gasteiger partial charge is 0.0562 e. The number of benzene rings is 4. The van der Waals surface area contributed by atoms with Gasteiger partial charge in [0, 0.05) is 88.6 Å². The van der Waals surface area contributed by atoms with Crippen molar-refractivity contribution >= 4 is 23.2 Å². The molecule has 0 saturated carbocycles. The van der Waals surface area contributed by atoms with Crippen LogP contribution >= 0.6 is 23.2 Å². The molecule has 8 heteroatoms. The molecule has 0 N–H and O–H groups in total. The van der Waals surface area contributed by atoms with Crippen molar-refractivity contribution in [2.24, 2.45) is 0 Å². The van der Waals surface area contributed by atoms with Crippen molar-refractivity contribution in [3.63, 3.8) is 0 Å². The van der Waals surface area contributed by atoms with Gasteiger partial charge in [-0.3, -0.25) is 29.6 Å². The standard InChI is InChI=1S/C46H44Cl2N6/c47-41-17-43-29-51-21-33-5-1-6-34(13-33)22-52-24-36-8-3-10-38(15-36)26-54(32-46(20-41)49-43)28-40-12-4-11-39(16-40)27-53(25-37-9-2-7-35(14-37)23-51)31-45-19-42(48)18-44(30-52)50-45/h1-20H,21-32H2. The summed E-state index contributed by atoms with van der Waals surface area (Å²) in [6.45, 7) is 9.04. The van der Waals surface area contributed by atoms with Gasteiger partial charge in [-0.15, -0.1) is 0 Å². The fraction of sp³-hybridized carbons (Fsp3) is 0.261. The van der Waals surface area contributed by atoms with Crippen molar-refractivity contribution < 1.29 is 0 Å². The minimum atomic E-state index is 0.686. The van der Waals surface area contributed by atoms with Gasteiger partial charge in [0.25, 0.3) is 0 Å². The zero-order chi connectivity index (χ0) is 36.4. The molecule has 6 nitrogen and oxygen atoms in total. The Morgan fingerprint density at radius 3 is 0.704 bits per heavy atom. The molecule has 4 aliphatic rings. The lowest BCUT2D eigenvalue weighted by Gasteiger charge is -2.28. The molecule has 6 heterocycles. The third-order valence-corrected chi connectivity index (χ3v) is 11.0. The first-order valence-corrected chi connectivity index (χ1v) is 19.7. The topological polar surface area (TPSA) is 38.7 Å². The summed E-state index contributed by atoms with van der Waals surface area (Å²) in [5.74, 6) is 0. The van der Waals surface area contributed by atoms with E-state index in [1.54, 1.807) is 0 Å². The van der Waals surface area contributed by atoms with Crippen LogP contribution in [0.2, 0.25) is 10.0 Å². The Morgan fingerprint density at radius 2 is 0.500 bits per heavy atom. The van der Waals surface area contributed by atoms with Gasteiger partial charge in [0.15, 0.2) is 0 Å². The number of nitrogens with zero attached hydrogens (tertiary/aromatic N) is 6. The van der Waals surface area contributed by atoms with Crippen molar-refractivity contribution in [3.05, 3.63) is 199 Å². The molecule has 0 unspecified atom stereocenters. The van der Waals surface area contributed by atoms with E-state index in [1.807, 2.05) is 24.3 Å². The summed E-state index contributed by atoms with van der Waals surface area (Å²) in [7, 11) is 0. The predicted molar refractivity (Wildman–Crippen MR) is 216 cm³/mol. The molecule has 4 aliphatic heterocycles. The predicted octanol–water partition coefficient (Wildman–Crippen LogP) is 9.53. The van der Waals surface area contributed by atoms with E-state index in [0.717, 1.165) is 85.2 Å². The minimum Gasteiger partial charge on any atom is -0.289 e. The molecule has 10 rings (SSSR count). The van der Waals surface area contributed by atoms with Gasteiger partial charge in [0.05, 0.1) is 22.8 Å². The molecule has 0 fully saturated rings. The van der Waals surface area contributed by atoms with E-state index in [9.17, 15) is 0 Å². The Labute approximate surface area is 328 Å². The van der Waals surface area contributed by atoms with Crippen LogP contribution in [0.4, 0.5) is 0 Å². The molecule has 4 aromatic carbocycles. The third-order valence-electron chi connectivity index (χ3n) is 10.5. The van der Waals surface area contributed by atoms with Gasteiger partial charge in [-0.25, -0.2) is 0 Å². The first kappa shape index (κ1) is 35.3. The van der Waals surface area contributed by atoms with Crippen LogP contribution in [0.1, 0.15) is 67.3 Å². The molecule has 2 aromatic heterocycles. The second kappa shape index (κ2) is 15.8. The van der Waals surface area contributed by atoms with Crippen molar-refractivity contribution in [1.82, 2.24) is 29.6 Å². The number of aromatic nitrogens is 2. The van der Waals surface area contributed by atoms with Crippen LogP contribution in [-0.2, 0) is 78.5 Å². The summed E-state index contributed by atoms with van der Waals surface area (Å²) < 4.78 is 0. The van der Waals surface area contributed by atoms with E-state index < -0.39 is 0 Å². The average molecular weight is 752 g/mol. The van der Waals surface area contributed by atoms with E-state index in [1.165, 1.54) is 44.5 Å². The summed E-state index contributed by atoms with van der Waals surface area (Å²) in [6.07, 6.45) is 0. The second-order valence-corrected chi connectivity index (χ2v) is 16.3. The Hall–Kier alpha value is -4.40. The van der Waals surface area contributed by atoms with Crippen molar-refractivity contribution in [2.45, 2.75) is 78.5 Å². The Bertz CT molecular complexity index is 1890. The van der Waals surface area contributed by atoms with Crippen molar-refractivity contribution in [3.8, 4) is 0 Å². The quantitative estimate of drug-likeness (QED) is 0.154. The molecule has 0 aliphatic carbocycles. The average Bonchev–Trinajstić information content (AvgIpc) is 3.11. The van der Waals surface area contributed by atoms with Gasteiger partial charge >= 0.3 is 0 Å². The van der Waals surface area contributed by atoms with Crippen LogP contribution in [0.3, 0.4) is 0 Å². The molecule has 272 valence electrons. The van der Waals surface area contributed by atoms with Gasteiger partial charge < -0.3 is 0 Å². The largest absolute Gasteiger partial charge is 0.289 e. The van der Waals surface area contributed by atoms with Gasteiger partial charge in [-0.05, 0) is 68.8 Å². The van der Waals surface area contributed by atoms with Crippen LogP contribution < -0.4 is 0 Å². The zero-order valence-corrected chi connectivity index (χ0v) is 32.0. The number of halogens is 2. The summed E-state index contributed by atoms with van der Waals surface area (Å²) in [4.78, 5) is 20.6. The molecule has 0 amide bonds. The van der Waals surface area contributed by atoms with Crippen LogP contribution in [0.25, 0.3) is 0 Å². The molecule has 0 saturated heterocycles. The van der Waals surface area contributed by atoms with Crippen LogP contribution in [0.5, 0.6) is 0 Å². The lowest BCUT2D eigenvalue weighted by Crippen LogP contribution is -2.27. The molecular weight excluding hydrogens is 707 g/mol. The molecular formula is C46H44Cl2N6. The molecule has 54 heavy (non-hydrogen) atoms.